The Balaban J connectivity index is 1.54. The van der Waals surface area contributed by atoms with Crippen LogP contribution in [0.25, 0.3) is 0 Å². The Labute approximate surface area is 116 Å². The second kappa shape index (κ2) is 6.82. The molecule has 0 amide bonds. The summed E-state index contributed by atoms with van der Waals surface area (Å²) in [5.74, 6) is 3.56. The largest absolute Gasteiger partial charge is 0.297 e. The topological polar surface area (TPSA) is 35.8 Å². The molecule has 3 heteroatoms. The van der Waals surface area contributed by atoms with Crippen molar-refractivity contribution in [2.75, 3.05) is 11.5 Å². The van der Waals surface area contributed by atoms with Crippen LogP contribution in [-0.2, 0) is 0 Å². The molecule has 0 aromatic carbocycles. The molecule has 2 nitrogen and oxygen atoms in total. The average molecular weight is 266 g/mol. The molecule has 2 saturated carbocycles. The van der Waals surface area contributed by atoms with Gasteiger partial charge in [0, 0.05) is 6.04 Å². The minimum absolute atomic E-state index is 0.283. The molecule has 0 aromatic heterocycles. The van der Waals surface area contributed by atoms with Gasteiger partial charge in [-0.2, -0.15) is 17.0 Å². The van der Waals surface area contributed by atoms with E-state index < -0.39 is 0 Å². The zero-order valence-corrected chi connectivity index (χ0v) is 12.4. The summed E-state index contributed by atoms with van der Waals surface area (Å²) >= 11 is 2.10. The zero-order chi connectivity index (χ0) is 12.8. The number of hydrogen-bond donors (Lipinski definition) is 1. The molecule has 2 rings (SSSR count). The van der Waals surface area contributed by atoms with Crippen LogP contribution >= 0.6 is 11.8 Å². The van der Waals surface area contributed by atoms with Crippen molar-refractivity contribution in [1.29, 1.82) is 5.26 Å². The normalized spacial score (nSPS) is 23.8. The molecule has 0 heterocycles. The Morgan fingerprint density at radius 1 is 1.28 bits per heavy atom. The standard InChI is InChI=1S/C15H26N2S/c1-15(12-16,17-14-7-8-14)9-4-10-18-11-13-5-2-3-6-13/h13-14,17H,2-11H2,1H3. The Bertz CT molecular complexity index is 289. The Hall–Kier alpha value is -0.200. The van der Waals surface area contributed by atoms with Crippen LogP contribution in [0.2, 0.25) is 0 Å². The molecule has 0 radical (unpaired) electrons. The maximum Gasteiger partial charge on any atom is 0.104 e. The molecule has 2 aliphatic rings. The van der Waals surface area contributed by atoms with Gasteiger partial charge in [0.25, 0.3) is 0 Å². The number of hydrogen-bond acceptors (Lipinski definition) is 3. The van der Waals surface area contributed by atoms with Gasteiger partial charge in [-0.05, 0) is 62.9 Å². The quantitative estimate of drug-likeness (QED) is 0.680. The Morgan fingerprint density at radius 3 is 2.61 bits per heavy atom. The minimum atomic E-state index is -0.283. The van der Waals surface area contributed by atoms with E-state index >= 15 is 0 Å². The number of nitriles is 1. The average Bonchev–Trinajstić information content (AvgIpc) is 3.01. The van der Waals surface area contributed by atoms with Crippen LogP contribution < -0.4 is 5.32 Å². The molecule has 0 bridgehead atoms. The van der Waals surface area contributed by atoms with Gasteiger partial charge in [-0.1, -0.05) is 12.8 Å². The first kappa shape index (κ1) is 14.2. The lowest BCUT2D eigenvalue weighted by Gasteiger charge is -2.23. The molecule has 2 aliphatic carbocycles. The maximum absolute atomic E-state index is 9.27. The van der Waals surface area contributed by atoms with Gasteiger partial charge in [0.2, 0.25) is 0 Å². The zero-order valence-electron chi connectivity index (χ0n) is 11.6. The Kier molecular flexibility index (Phi) is 5.38. The summed E-state index contributed by atoms with van der Waals surface area (Å²) in [6, 6.07) is 3.09. The van der Waals surface area contributed by atoms with E-state index in [9.17, 15) is 5.26 Å². The van der Waals surface area contributed by atoms with Crippen molar-refractivity contribution in [3.8, 4) is 6.07 Å². The summed E-state index contributed by atoms with van der Waals surface area (Å²) in [4.78, 5) is 0. The van der Waals surface area contributed by atoms with Gasteiger partial charge >= 0.3 is 0 Å². The van der Waals surface area contributed by atoms with Crippen LogP contribution in [0.3, 0.4) is 0 Å². The molecule has 2 fully saturated rings. The lowest BCUT2D eigenvalue weighted by molar-refractivity contribution is 0.411. The van der Waals surface area contributed by atoms with Crippen LogP contribution in [0.4, 0.5) is 0 Å². The maximum atomic E-state index is 9.27. The number of thioether (sulfide) groups is 1. The second-order valence-electron chi connectivity index (χ2n) is 6.19. The van der Waals surface area contributed by atoms with Gasteiger partial charge in [-0.3, -0.25) is 5.32 Å². The monoisotopic (exact) mass is 266 g/mol. The highest BCUT2D eigenvalue weighted by molar-refractivity contribution is 7.99. The van der Waals surface area contributed by atoms with Crippen LogP contribution in [0.5, 0.6) is 0 Å². The number of rotatable bonds is 8. The van der Waals surface area contributed by atoms with Gasteiger partial charge < -0.3 is 0 Å². The number of nitrogens with one attached hydrogen (secondary N) is 1. The van der Waals surface area contributed by atoms with E-state index in [0.717, 1.165) is 12.3 Å². The summed E-state index contributed by atoms with van der Waals surface area (Å²) in [5.41, 5.74) is -0.283. The first-order chi connectivity index (χ1) is 8.72. The fourth-order valence-corrected chi connectivity index (χ4v) is 3.98. The van der Waals surface area contributed by atoms with Crippen molar-refractivity contribution < 1.29 is 0 Å². The third kappa shape index (κ3) is 4.82. The van der Waals surface area contributed by atoms with Crippen molar-refractivity contribution in [2.24, 2.45) is 5.92 Å². The van der Waals surface area contributed by atoms with Gasteiger partial charge in [0.05, 0.1) is 6.07 Å². The summed E-state index contributed by atoms with van der Waals surface area (Å²) in [7, 11) is 0. The van der Waals surface area contributed by atoms with Gasteiger partial charge in [-0.25, -0.2) is 0 Å². The molecule has 18 heavy (non-hydrogen) atoms. The molecule has 1 unspecified atom stereocenters. The van der Waals surface area contributed by atoms with E-state index in [2.05, 4.69) is 30.1 Å². The summed E-state index contributed by atoms with van der Waals surface area (Å²) < 4.78 is 0. The fourth-order valence-electron chi connectivity index (χ4n) is 2.79. The van der Waals surface area contributed by atoms with Crippen molar-refractivity contribution in [1.82, 2.24) is 5.32 Å². The predicted octanol–water partition coefficient (Wildman–Crippen LogP) is 3.72. The van der Waals surface area contributed by atoms with Crippen LogP contribution in [0.15, 0.2) is 0 Å². The molecule has 0 saturated heterocycles. The van der Waals surface area contributed by atoms with Crippen molar-refractivity contribution in [2.45, 2.75) is 69.9 Å². The molecule has 1 atom stereocenters. The molecular weight excluding hydrogens is 240 g/mol. The smallest absolute Gasteiger partial charge is 0.104 e. The van der Waals surface area contributed by atoms with E-state index in [0.29, 0.717) is 6.04 Å². The van der Waals surface area contributed by atoms with Crippen LogP contribution in [0.1, 0.15) is 58.3 Å². The minimum Gasteiger partial charge on any atom is -0.297 e. The molecule has 1 N–H and O–H groups in total. The summed E-state index contributed by atoms with van der Waals surface area (Å²) in [5, 5.41) is 12.8. The van der Waals surface area contributed by atoms with Crippen molar-refractivity contribution in [3.63, 3.8) is 0 Å². The van der Waals surface area contributed by atoms with E-state index in [1.165, 1.54) is 56.5 Å². The first-order valence-electron chi connectivity index (χ1n) is 7.48. The third-order valence-corrected chi connectivity index (χ3v) is 5.43. The third-order valence-electron chi connectivity index (χ3n) is 4.14. The lowest BCUT2D eigenvalue weighted by atomic mass is 9.98. The molecule has 0 aliphatic heterocycles. The van der Waals surface area contributed by atoms with Gasteiger partial charge in [-0.15, -0.1) is 0 Å². The molecule has 0 spiro atoms. The first-order valence-corrected chi connectivity index (χ1v) is 8.64. The summed E-state index contributed by atoms with van der Waals surface area (Å²) in [6.45, 7) is 2.06. The van der Waals surface area contributed by atoms with Crippen LogP contribution in [-0.4, -0.2) is 23.1 Å². The van der Waals surface area contributed by atoms with Gasteiger partial charge in [0.1, 0.15) is 5.54 Å². The predicted molar refractivity (Wildman–Crippen MR) is 78.7 cm³/mol. The van der Waals surface area contributed by atoms with E-state index in [1.54, 1.807) is 0 Å². The van der Waals surface area contributed by atoms with Crippen LogP contribution in [0, 0.1) is 17.2 Å². The Morgan fingerprint density at radius 2 is 2.00 bits per heavy atom. The fraction of sp³-hybridized carbons (Fsp3) is 0.933. The van der Waals surface area contributed by atoms with E-state index in [4.69, 9.17) is 0 Å². The van der Waals surface area contributed by atoms with Crippen molar-refractivity contribution >= 4 is 11.8 Å². The van der Waals surface area contributed by atoms with E-state index in [1.807, 2.05) is 0 Å². The highest BCUT2D eigenvalue weighted by Gasteiger charge is 2.31. The van der Waals surface area contributed by atoms with Crippen molar-refractivity contribution in [3.05, 3.63) is 0 Å². The highest BCUT2D eigenvalue weighted by atomic mass is 32.2. The molecular formula is C15H26N2S. The number of nitrogens with zero attached hydrogens (tertiary/aromatic N) is 1. The van der Waals surface area contributed by atoms with E-state index in [-0.39, 0.29) is 5.54 Å². The highest BCUT2D eigenvalue weighted by Crippen LogP contribution is 2.29. The second-order valence-corrected chi connectivity index (χ2v) is 7.34. The lowest BCUT2D eigenvalue weighted by Crippen LogP contribution is -2.42. The van der Waals surface area contributed by atoms with Gasteiger partial charge in [0.15, 0.2) is 0 Å². The summed E-state index contributed by atoms with van der Waals surface area (Å²) in [6.07, 6.45) is 10.5. The SMILES string of the molecule is CC(C#N)(CCCSCC1CCCC1)NC1CC1. The molecule has 102 valence electrons. The molecule has 0 aromatic rings.